The first-order chi connectivity index (χ1) is 12.6. The molecule has 0 spiro atoms. The minimum absolute atomic E-state index is 0.0312. The molecule has 0 amide bonds. The van der Waals surface area contributed by atoms with Crippen molar-refractivity contribution in [3.8, 4) is 11.4 Å². The molecule has 0 radical (unpaired) electrons. The number of benzene rings is 2. The molecular weight excluding hydrogens is 331 g/mol. The highest BCUT2D eigenvalue weighted by atomic mass is 19.1. The van der Waals surface area contributed by atoms with Gasteiger partial charge in [0, 0.05) is 6.42 Å². The summed E-state index contributed by atoms with van der Waals surface area (Å²) in [5.74, 6) is 0.629. The number of methoxy groups -OCH3 is 1. The van der Waals surface area contributed by atoms with Crippen molar-refractivity contribution in [3.63, 3.8) is 0 Å². The fourth-order valence-electron chi connectivity index (χ4n) is 3.67. The largest absolute Gasteiger partial charge is 0.497 e. The number of fused-ring (bicyclic) bond motifs is 1. The summed E-state index contributed by atoms with van der Waals surface area (Å²) in [6.07, 6.45) is 1.12. The van der Waals surface area contributed by atoms with Gasteiger partial charge in [-0.15, -0.1) is 0 Å². The molecule has 4 rings (SSSR count). The summed E-state index contributed by atoms with van der Waals surface area (Å²) in [6.45, 7) is 1.87. The lowest BCUT2D eigenvalue weighted by molar-refractivity contribution is 0.0963. The Morgan fingerprint density at radius 1 is 1.08 bits per heavy atom. The van der Waals surface area contributed by atoms with E-state index in [9.17, 15) is 9.18 Å². The van der Waals surface area contributed by atoms with E-state index in [4.69, 9.17) is 4.74 Å². The zero-order chi connectivity index (χ0) is 18.3. The minimum atomic E-state index is -0.268. The number of aromatic nitrogens is 2. The van der Waals surface area contributed by atoms with Gasteiger partial charge in [0.25, 0.3) is 0 Å². The van der Waals surface area contributed by atoms with E-state index in [0.29, 0.717) is 12.8 Å². The first-order valence-electron chi connectivity index (χ1n) is 8.58. The highest BCUT2D eigenvalue weighted by Gasteiger charge is 2.32. The number of carbonyl (C=O) groups is 1. The number of hydrogen-bond donors (Lipinski definition) is 0. The Morgan fingerprint density at radius 3 is 2.42 bits per heavy atom. The van der Waals surface area contributed by atoms with E-state index in [1.807, 2.05) is 35.9 Å². The molecule has 0 N–H and O–H groups in total. The van der Waals surface area contributed by atoms with Gasteiger partial charge in [0.1, 0.15) is 11.6 Å². The molecule has 0 fully saturated rings. The SMILES string of the molecule is COc1ccc(-n2nc(C)c3c2C[C@H](c2ccc(F)cc2)CC3=O)cc1. The zero-order valence-corrected chi connectivity index (χ0v) is 14.7. The maximum atomic E-state index is 13.2. The number of hydrogen-bond acceptors (Lipinski definition) is 3. The Kier molecular flexibility index (Phi) is 4.07. The predicted octanol–water partition coefficient (Wildman–Crippen LogP) is 4.24. The molecule has 0 saturated carbocycles. The third kappa shape index (κ3) is 2.79. The summed E-state index contributed by atoms with van der Waals surface area (Å²) in [5, 5.41) is 4.61. The fourth-order valence-corrected chi connectivity index (χ4v) is 3.67. The second kappa shape index (κ2) is 6.41. The maximum absolute atomic E-state index is 13.2. The van der Waals surface area contributed by atoms with Gasteiger partial charge in [0.2, 0.25) is 0 Å². The van der Waals surface area contributed by atoms with Crippen LogP contribution in [0.3, 0.4) is 0 Å². The van der Waals surface area contributed by atoms with Crippen LogP contribution < -0.4 is 4.74 Å². The van der Waals surface area contributed by atoms with E-state index in [1.165, 1.54) is 12.1 Å². The normalized spacial score (nSPS) is 16.4. The van der Waals surface area contributed by atoms with Crippen LogP contribution in [0.5, 0.6) is 5.75 Å². The molecule has 0 unspecified atom stereocenters. The lowest BCUT2D eigenvalue weighted by Crippen LogP contribution is -2.20. The number of nitrogens with zero attached hydrogens (tertiary/aromatic N) is 2. The van der Waals surface area contributed by atoms with Crippen LogP contribution in [0.4, 0.5) is 4.39 Å². The summed E-state index contributed by atoms with van der Waals surface area (Å²) in [4.78, 5) is 12.8. The number of ether oxygens (including phenoxy) is 1. The van der Waals surface area contributed by atoms with Crippen LogP contribution in [-0.2, 0) is 6.42 Å². The van der Waals surface area contributed by atoms with E-state index < -0.39 is 0 Å². The van der Waals surface area contributed by atoms with Crippen LogP contribution in [0.15, 0.2) is 48.5 Å². The molecule has 0 aliphatic heterocycles. The van der Waals surface area contributed by atoms with Crippen molar-refractivity contribution in [2.75, 3.05) is 7.11 Å². The topological polar surface area (TPSA) is 44.1 Å². The number of Topliss-reactive ketones (excluding diaryl/α,β-unsaturated/α-hetero) is 1. The molecule has 1 aliphatic carbocycles. The van der Waals surface area contributed by atoms with Gasteiger partial charge in [-0.25, -0.2) is 9.07 Å². The Balaban J connectivity index is 1.75. The van der Waals surface area contributed by atoms with Crippen LogP contribution in [-0.4, -0.2) is 22.7 Å². The van der Waals surface area contributed by atoms with Gasteiger partial charge in [0.05, 0.1) is 29.7 Å². The molecule has 26 heavy (non-hydrogen) atoms. The summed E-state index contributed by atoms with van der Waals surface area (Å²) >= 11 is 0. The highest BCUT2D eigenvalue weighted by Crippen LogP contribution is 2.35. The average molecular weight is 350 g/mol. The first-order valence-corrected chi connectivity index (χ1v) is 8.58. The van der Waals surface area contributed by atoms with Crippen molar-refractivity contribution < 1.29 is 13.9 Å². The molecule has 2 aromatic carbocycles. The molecule has 0 saturated heterocycles. The van der Waals surface area contributed by atoms with Crippen molar-refractivity contribution in [3.05, 3.63) is 76.9 Å². The first kappa shape index (κ1) is 16.5. The van der Waals surface area contributed by atoms with Crippen molar-refractivity contribution in [1.82, 2.24) is 9.78 Å². The standard InChI is InChI=1S/C21H19FN2O2/c1-13-21-19(24(23-13)17-7-9-18(26-2)10-8-17)11-15(12-20(21)25)14-3-5-16(22)6-4-14/h3-10,15H,11-12H2,1-2H3/t15-/m0/s1. The summed E-state index contributed by atoms with van der Waals surface area (Å²) < 4.78 is 20.3. The Hall–Kier alpha value is -2.95. The molecule has 1 aromatic heterocycles. The van der Waals surface area contributed by atoms with E-state index >= 15 is 0 Å². The van der Waals surface area contributed by atoms with Crippen molar-refractivity contribution >= 4 is 5.78 Å². The van der Waals surface area contributed by atoms with Gasteiger partial charge in [-0.2, -0.15) is 5.10 Å². The Labute approximate surface area is 151 Å². The quantitative estimate of drug-likeness (QED) is 0.710. The lowest BCUT2D eigenvalue weighted by Gasteiger charge is -2.23. The van der Waals surface area contributed by atoms with Crippen molar-refractivity contribution in [2.24, 2.45) is 0 Å². The van der Waals surface area contributed by atoms with E-state index in [1.54, 1.807) is 19.2 Å². The second-order valence-electron chi connectivity index (χ2n) is 6.60. The summed E-state index contributed by atoms with van der Waals surface area (Å²) in [5.41, 5.74) is 4.25. The van der Waals surface area contributed by atoms with E-state index in [-0.39, 0.29) is 17.5 Å². The lowest BCUT2D eigenvalue weighted by atomic mass is 9.81. The minimum Gasteiger partial charge on any atom is -0.497 e. The molecule has 3 aromatic rings. The average Bonchev–Trinajstić information content (AvgIpc) is 2.99. The smallest absolute Gasteiger partial charge is 0.167 e. The van der Waals surface area contributed by atoms with Gasteiger partial charge in [-0.1, -0.05) is 12.1 Å². The number of carbonyl (C=O) groups excluding carboxylic acids is 1. The summed E-state index contributed by atoms with van der Waals surface area (Å²) in [6, 6.07) is 14.0. The second-order valence-corrected chi connectivity index (χ2v) is 6.60. The van der Waals surface area contributed by atoms with Gasteiger partial charge in [0.15, 0.2) is 5.78 Å². The molecule has 1 heterocycles. The van der Waals surface area contributed by atoms with Gasteiger partial charge in [-0.05, 0) is 61.2 Å². The van der Waals surface area contributed by atoms with Crippen LogP contribution in [0.2, 0.25) is 0 Å². The van der Waals surface area contributed by atoms with Gasteiger partial charge in [-0.3, -0.25) is 4.79 Å². The maximum Gasteiger partial charge on any atom is 0.167 e. The summed E-state index contributed by atoms with van der Waals surface area (Å²) in [7, 11) is 1.63. The number of rotatable bonds is 3. The molecule has 132 valence electrons. The monoisotopic (exact) mass is 350 g/mol. The fraction of sp³-hybridized carbons (Fsp3) is 0.238. The third-order valence-corrected chi connectivity index (χ3v) is 4.96. The van der Waals surface area contributed by atoms with Crippen LogP contribution in [0.1, 0.15) is 39.6 Å². The van der Waals surface area contributed by atoms with Crippen LogP contribution in [0.25, 0.3) is 5.69 Å². The van der Waals surface area contributed by atoms with Crippen LogP contribution in [0, 0.1) is 12.7 Å². The molecule has 1 atom stereocenters. The molecule has 4 nitrogen and oxygen atoms in total. The Bertz CT molecular complexity index is 959. The number of ketones is 1. The van der Waals surface area contributed by atoms with Gasteiger partial charge < -0.3 is 4.74 Å². The van der Waals surface area contributed by atoms with Gasteiger partial charge >= 0.3 is 0 Å². The van der Waals surface area contributed by atoms with Crippen molar-refractivity contribution in [1.29, 1.82) is 0 Å². The third-order valence-electron chi connectivity index (χ3n) is 4.96. The molecule has 0 bridgehead atoms. The molecule has 5 heteroatoms. The number of halogens is 1. The van der Waals surface area contributed by atoms with E-state index in [0.717, 1.165) is 34.0 Å². The predicted molar refractivity (Wildman–Crippen MR) is 96.6 cm³/mol. The van der Waals surface area contributed by atoms with Crippen molar-refractivity contribution in [2.45, 2.75) is 25.7 Å². The Morgan fingerprint density at radius 2 is 1.77 bits per heavy atom. The van der Waals surface area contributed by atoms with Crippen LogP contribution >= 0.6 is 0 Å². The van der Waals surface area contributed by atoms with E-state index in [2.05, 4.69) is 5.10 Å². The molecular formula is C21H19FN2O2. The molecule has 1 aliphatic rings. The zero-order valence-electron chi connectivity index (χ0n) is 14.7. The number of aryl methyl sites for hydroxylation is 1. The highest BCUT2D eigenvalue weighted by molar-refractivity contribution is 6.00.